The molecule has 0 saturated heterocycles. The molecule has 0 aliphatic rings. The van der Waals surface area contributed by atoms with E-state index >= 15 is 0 Å². The third-order valence-electron chi connectivity index (χ3n) is 2.80. The molecule has 4 nitrogen and oxygen atoms in total. The molecule has 1 aromatic carbocycles. The molecule has 0 fully saturated rings. The number of ketones is 1. The van der Waals surface area contributed by atoms with Gasteiger partial charge < -0.3 is 9.47 Å². The fourth-order valence-electron chi connectivity index (χ4n) is 1.40. The van der Waals surface area contributed by atoms with Crippen LogP contribution in [0.25, 0.3) is 0 Å². The second-order valence-electron chi connectivity index (χ2n) is 4.94. The Hall–Kier alpha value is -1.23. The summed E-state index contributed by atoms with van der Waals surface area (Å²) in [4.78, 5) is 21.0. The van der Waals surface area contributed by atoms with Crippen LogP contribution in [0.3, 0.4) is 0 Å². The zero-order valence-corrected chi connectivity index (χ0v) is 16.5. The van der Waals surface area contributed by atoms with Crippen LogP contribution in [0.4, 0.5) is 0 Å². The highest BCUT2D eigenvalue weighted by molar-refractivity contribution is 6.41. The summed E-state index contributed by atoms with van der Waals surface area (Å²) in [6.45, 7) is 13.5. The minimum absolute atomic E-state index is 0.0370. The molecular weight excluding hydrogens is 328 g/mol. The molecule has 0 aliphatic carbocycles. The van der Waals surface area contributed by atoms with Crippen molar-refractivity contribution in [3.63, 3.8) is 0 Å². The van der Waals surface area contributed by atoms with Gasteiger partial charge in [0.2, 0.25) is 5.78 Å². The predicted molar refractivity (Wildman–Crippen MR) is 99.9 cm³/mol. The van der Waals surface area contributed by atoms with Crippen LogP contribution in [-0.2, 0) is 14.3 Å². The number of benzene rings is 1. The van der Waals surface area contributed by atoms with Gasteiger partial charge in [0.1, 0.15) is 0 Å². The monoisotopic (exact) mass is 358 g/mol. The van der Waals surface area contributed by atoms with E-state index in [0.29, 0.717) is 5.02 Å². The van der Waals surface area contributed by atoms with Crippen molar-refractivity contribution in [1.82, 2.24) is 0 Å². The van der Waals surface area contributed by atoms with Gasteiger partial charge in [0, 0.05) is 18.8 Å². The first-order valence-corrected chi connectivity index (χ1v) is 8.74. The van der Waals surface area contributed by atoms with E-state index in [2.05, 4.69) is 13.8 Å². The molecule has 138 valence electrons. The zero-order valence-electron chi connectivity index (χ0n) is 15.7. The van der Waals surface area contributed by atoms with E-state index in [9.17, 15) is 9.59 Å². The Morgan fingerprint density at radius 2 is 1.62 bits per heavy atom. The van der Waals surface area contributed by atoms with Crippen molar-refractivity contribution < 1.29 is 19.1 Å². The van der Waals surface area contributed by atoms with E-state index < -0.39 is 5.78 Å². The minimum Gasteiger partial charge on any atom is -0.353 e. The molecule has 0 aliphatic heterocycles. The molecule has 0 N–H and O–H groups in total. The zero-order chi connectivity index (χ0) is 19.0. The molecule has 1 aromatic rings. The van der Waals surface area contributed by atoms with Crippen molar-refractivity contribution >= 4 is 23.7 Å². The highest BCUT2D eigenvalue weighted by Gasteiger charge is 2.07. The molecule has 0 amide bonds. The molecule has 0 aromatic heterocycles. The molecular formula is C19H31ClO4. The lowest BCUT2D eigenvalue weighted by Gasteiger charge is -2.09. The molecule has 0 bridgehead atoms. The van der Waals surface area contributed by atoms with Crippen molar-refractivity contribution in [3.05, 3.63) is 34.3 Å². The van der Waals surface area contributed by atoms with Crippen LogP contribution >= 0.6 is 11.6 Å². The van der Waals surface area contributed by atoms with Crippen LogP contribution in [0.2, 0.25) is 5.02 Å². The quantitative estimate of drug-likeness (QED) is 0.289. The Kier molecular flexibility index (Phi) is 17.3. The smallest absolute Gasteiger partial charge is 0.226 e. The van der Waals surface area contributed by atoms with E-state index in [0.717, 1.165) is 18.8 Å². The Bertz CT molecular complexity index is 453. The number of aryl methyl sites for hydroxylation is 1. The van der Waals surface area contributed by atoms with E-state index in [1.165, 1.54) is 12.8 Å². The molecule has 24 heavy (non-hydrogen) atoms. The van der Waals surface area contributed by atoms with E-state index in [-0.39, 0.29) is 18.1 Å². The summed E-state index contributed by atoms with van der Waals surface area (Å²) in [7, 11) is 0. The van der Waals surface area contributed by atoms with Gasteiger partial charge in [-0.05, 0) is 45.4 Å². The SMILES string of the molecule is CCCC.CCOC(C)OCC.Cc1ccc(C(=O)C=O)c(Cl)c1. The highest BCUT2D eigenvalue weighted by Crippen LogP contribution is 2.17. The molecule has 0 radical (unpaired) electrons. The number of Topliss-reactive ketones (excluding diaryl/α,β-unsaturated/α-hetero) is 1. The lowest BCUT2D eigenvalue weighted by molar-refractivity contribution is -0.123. The standard InChI is InChI=1S/C9H7ClO2.C6H14O2.C4H10/c1-6-2-3-7(8(10)4-6)9(12)5-11;1-4-7-6(3)8-5-2;1-3-4-2/h2-5H,1H3;6H,4-5H2,1-3H3;3-4H2,1-2H3. The third-order valence-corrected chi connectivity index (χ3v) is 3.11. The van der Waals surface area contributed by atoms with Crippen LogP contribution in [0, 0.1) is 6.92 Å². The number of ether oxygens (including phenoxy) is 2. The van der Waals surface area contributed by atoms with Gasteiger partial charge in [0.25, 0.3) is 0 Å². The third kappa shape index (κ3) is 13.2. The predicted octanol–water partition coefficient (Wildman–Crippen LogP) is 5.24. The Balaban J connectivity index is 0. The van der Waals surface area contributed by atoms with Gasteiger partial charge in [-0.1, -0.05) is 44.4 Å². The number of aldehydes is 1. The van der Waals surface area contributed by atoms with Crippen LogP contribution in [0.15, 0.2) is 18.2 Å². The summed E-state index contributed by atoms with van der Waals surface area (Å²) in [6, 6.07) is 4.94. The van der Waals surface area contributed by atoms with E-state index in [1.54, 1.807) is 18.2 Å². The summed E-state index contributed by atoms with van der Waals surface area (Å²) in [5.41, 5.74) is 1.22. The van der Waals surface area contributed by atoms with Gasteiger partial charge in [-0.25, -0.2) is 0 Å². The number of carbonyl (C=O) groups excluding carboxylic acids is 2. The second-order valence-corrected chi connectivity index (χ2v) is 5.35. The molecule has 1 rings (SSSR count). The highest BCUT2D eigenvalue weighted by atomic mass is 35.5. The van der Waals surface area contributed by atoms with E-state index in [1.807, 2.05) is 27.7 Å². The summed E-state index contributed by atoms with van der Waals surface area (Å²) < 4.78 is 10.1. The van der Waals surface area contributed by atoms with Crippen molar-refractivity contribution in [3.8, 4) is 0 Å². The normalized spacial score (nSPS) is 9.50. The first kappa shape index (κ1) is 25.0. The maximum Gasteiger partial charge on any atom is 0.226 e. The Morgan fingerprint density at radius 3 is 1.96 bits per heavy atom. The van der Waals surface area contributed by atoms with Gasteiger partial charge in [-0.2, -0.15) is 0 Å². The van der Waals surface area contributed by atoms with Crippen LogP contribution in [0.5, 0.6) is 0 Å². The van der Waals surface area contributed by atoms with Gasteiger partial charge in [-0.3, -0.25) is 9.59 Å². The average Bonchev–Trinajstić information content (AvgIpc) is 2.55. The lowest BCUT2D eigenvalue weighted by Crippen LogP contribution is -2.11. The molecule has 0 spiro atoms. The minimum atomic E-state index is -0.583. The van der Waals surface area contributed by atoms with Crippen molar-refractivity contribution in [2.75, 3.05) is 13.2 Å². The number of carbonyl (C=O) groups is 2. The maximum atomic E-state index is 10.9. The lowest BCUT2D eigenvalue weighted by atomic mass is 10.1. The average molecular weight is 359 g/mol. The summed E-state index contributed by atoms with van der Waals surface area (Å²) in [5.74, 6) is -0.583. The van der Waals surface area contributed by atoms with Crippen LogP contribution < -0.4 is 0 Å². The number of hydrogen-bond donors (Lipinski definition) is 0. The molecule has 0 unspecified atom stereocenters. The first-order valence-electron chi connectivity index (χ1n) is 8.36. The number of hydrogen-bond acceptors (Lipinski definition) is 4. The van der Waals surface area contributed by atoms with Gasteiger partial charge >= 0.3 is 0 Å². The van der Waals surface area contributed by atoms with E-state index in [4.69, 9.17) is 21.1 Å². The van der Waals surface area contributed by atoms with Crippen LogP contribution in [-0.4, -0.2) is 31.6 Å². The first-order chi connectivity index (χ1) is 11.4. The van der Waals surface area contributed by atoms with Crippen molar-refractivity contribution in [1.29, 1.82) is 0 Å². The van der Waals surface area contributed by atoms with Gasteiger partial charge in [-0.15, -0.1) is 0 Å². The number of halogens is 1. The number of unbranched alkanes of at least 4 members (excludes halogenated alkanes) is 1. The fraction of sp³-hybridized carbons (Fsp3) is 0.579. The fourth-order valence-corrected chi connectivity index (χ4v) is 1.73. The summed E-state index contributed by atoms with van der Waals surface area (Å²) >= 11 is 5.72. The van der Waals surface area contributed by atoms with Crippen molar-refractivity contribution in [2.45, 2.75) is 60.7 Å². The van der Waals surface area contributed by atoms with Gasteiger partial charge in [0.05, 0.1) is 5.02 Å². The molecule has 5 heteroatoms. The Morgan fingerprint density at radius 1 is 1.12 bits per heavy atom. The number of rotatable bonds is 7. The summed E-state index contributed by atoms with van der Waals surface area (Å²) in [6.07, 6.45) is 2.86. The van der Waals surface area contributed by atoms with Gasteiger partial charge in [0.15, 0.2) is 12.6 Å². The summed E-state index contributed by atoms with van der Waals surface area (Å²) in [5, 5.41) is 0.326. The van der Waals surface area contributed by atoms with Crippen LogP contribution in [0.1, 0.15) is 63.4 Å². The molecule has 0 heterocycles. The molecule has 0 saturated carbocycles. The maximum absolute atomic E-state index is 10.9. The van der Waals surface area contributed by atoms with Crippen molar-refractivity contribution in [2.24, 2.45) is 0 Å². The second kappa shape index (κ2) is 16.6. The molecule has 0 atom stereocenters. The topological polar surface area (TPSA) is 52.6 Å². The largest absolute Gasteiger partial charge is 0.353 e. The Labute approximate surface area is 151 Å².